The van der Waals surface area contributed by atoms with Gasteiger partial charge in [-0.25, -0.2) is 4.39 Å². The van der Waals surface area contributed by atoms with Gasteiger partial charge in [0, 0.05) is 32.5 Å². The first-order valence-electron chi connectivity index (χ1n) is 10.3. The molecule has 0 spiro atoms. The highest BCUT2D eigenvalue weighted by molar-refractivity contribution is 5.77. The molecule has 0 radical (unpaired) electrons. The molecule has 2 amide bonds. The van der Waals surface area contributed by atoms with Crippen LogP contribution in [0.3, 0.4) is 0 Å². The van der Waals surface area contributed by atoms with Crippen molar-refractivity contribution < 1.29 is 14.0 Å². The summed E-state index contributed by atoms with van der Waals surface area (Å²) in [6.07, 6.45) is 6.22. The Morgan fingerprint density at radius 2 is 1.89 bits per heavy atom. The maximum atomic E-state index is 12.9. The van der Waals surface area contributed by atoms with E-state index in [-0.39, 0.29) is 17.6 Å². The minimum atomic E-state index is -0.271. The van der Waals surface area contributed by atoms with Crippen molar-refractivity contribution in [3.8, 4) is 0 Å². The third-order valence-corrected chi connectivity index (χ3v) is 5.61. The summed E-state index contributed by atoms with van der Waals surface area (Å²) < 4.78 is 12.9. The number of unbranched alkanes of at least 4 members (excludes halogenated alkanes) is 2. The minimum Gasteiger partial charge on any atom is -0.352 e. The molecule has 1 saturated heterocycles. The summed E-state index contributed by atoms with van der Waals surface area (Å²) in [4.78, 5) is 26.7. The second-order valence-electron chi connectivity index (χ2n) is 7.62. The topological polar surface area (TPSA) is 49.4 Å². The van der Waals surface area contributed by atoms with E-state index in [1.165, 1.54) is 12.1 Å². The summed E-state index contributed by atoms with van der Waals surface area (Å²) in [5.74, 6) is 0.729. The molecule has 1 N–H and O–H groups in total. The second-order valence-corrected chi connectivity index (χ2v) is 7.62. The van der Waals surface area contributed by atoms with Crippen molar-refractivity contribution in [2.24, 2.45) is 11.8 Å². The number of nitrogens with one attached hydrogen (secondary N) is 1. The lowest BCUT2D eigenvalue weighted by Crippen LogP contribution is -2.44. The quantitative estimate of drug-likeness (QED) is 0.654. The van der Waals surface area contributed by atoms with Gasteiger partial charge in [0.2, 0.25) is 11.8 Å². The van der Waals surface area contributed by atoms with Crippen LogP contribution < -0.4 is 5.32 Å². The smallest absolute Gasteiger partial charge is 0.222 e. The summed E-state index contributed by atoms with van der Waals surface area (Å²) in [6.45, 7) is 6.24. The average molecular weight is 377 g/mol. The van der Waals surface area contributed by atoms with Gasteiger partial charge in [0.25, 0.3) is 0 Å². The molecule has 150 valence electrons. The minimum absolute atomic E-state index is 0.0329. The number of rotatable bonds is 9. The summed E-state index contributed by atoms with van der Waals surface area (Å²) in [6, 6.07) is 6.18. The van der Waals surface area contributed by atoms with Crippen molar-refractivity contribution in [2.45, 2.75) is 65.3 Å². The number of amides is 2. The lowest BCUT2D eigenvalue weighted by atomic mass is 9.81. The average Bonchev–Trinajstić information content (AvgIpc) is 2.68. The molecule has 1 aliphatic heterocycles. The second kappa shape index (κ2) is 11.1. The Bertz CT molecular complexity index is 603. The lowest BCUT2D eigenvalue weighted by Gasteiger charge is -2.38. The zero-order chi connectivity index (χ0) is 19.6. The Labute approximate surface area is 162 Å². The Kier molecular flexibility index (Phi) is 8.76. The van der Waals surface area contributed by atoms with Gasteiger partial charge in [0.1, 0.15) is 5.82 Å². The number of carbonyl (C=O) groups is 2. The van der Waals surface area contributed by atoms with E-state index in [2.05, 4.69) is 19.2 Å². The Morgan fingerprint density at radius 3 is 2.56 bits per heavy atom. The van der Waals surface area contributed by atoms with Crippen LogP contribution in [0.1, 0.15) is 64.4 Å². The number of hydrogen-bond donors (Lipinski definition) is 1. The molecule has 1 heterocycles. The molecular weight excluding hydrogens is 343 g/mol. The molecule has 0 aromatic heterocycles. The molecule has 1 aromatic rings. The summed E-state index contributed by atoms with van der Waals surface area (Å²) in [5.41, 5.74) is 0.893. The zero-order valence-electron chi connectivity index (χ0n) is 16.7. The number of benzene rings is 1. The van der Waals surface area contributed by atoms with E-state index >= 15 is 0 Å². The monoisotopic (exact) mass is 376 g/mol. The van der Waals surface area contributed by atoms with Crippen LogP contribution in [0.4, 0.5) is 4.39 Å². The summed E-state index contributed by atoms with van der Waals surface area (Å²) in [7, 11) is 0. The van der Waals surface area contributed by atoms with E-state index < -0.39 is 0 Å². The highest BCUT2D eigenvalue weighted by Crippen LogP contribution is 2.29. The number of piperidine rings is 1. The normalized spacial score (nSPS) is 19.7. The van der Waals surface area contributed by atoms with Gasteiger partial charge < -0.3 is 10.2 Å². The standard InChI is InChI=1S/C22H33FN2O2/c1-3-5-6-7-22(27)25-13-12-19(18(4-2)16-25)14-21(26)24-15-17-8-10-20(23)11-9-17/h8-11,18-19H,3-7,12-16H2,1-2H3,(H,24,26)/t18-,19-/m0/s1. The van der Waals surface area contributed by atoms with Crippen LogP contribution in [-0.4, -0.2) is 29.8 Å². The molecule has 0 saturated carbocycles. The van der Waals surface area contributed by atoms with E-state index in [0.29, 0.717) is 31.2 Å². The van der Waals surface area contributed by atoms with E-state index in [9.17, 15) is 14.0 Å². The third-order valence-electron chi connectivity index (χ3n) is 5.61. The van der Waals surface area contributed by atoms with Crippen LogP contribution >= 0.6 is 0 Å². The molecule has 5 heteroatoms. The predicted octanol–water partition coefficient (Wildman–Crippen LogP) is 4.29. The van der Waals surface area contributed by atoms with Gasteiger partial charge in [-0.15, -0.1) is 0 Å². The molecule has 2 atom stereocenters. The Balaban J connectivity index is 1.78. The maximum absolute atomic E-state index is 12.9. The number of hydrogen-bond acceptors (Lipinski definition) is 2. The van der Waals surface area contributed by atoms with Crippen molar-refractivity contribution in [1.29, 1.82) is 0 Å². The van der Waals surface area contributed by atoms with E-state index in [0.717, 1.165) is 50.8 Å². The van der Waals surface area contributed by atoms with Gasteiger partial charge >= 0.3 is 0 Å². The molecular formula is C22H33FN2O2. The van der Waals surface area contributed by atoms with Crippen LogP contribution in [0.15, 0.2) is 24.3 Å². The third kappa shape index (κ3) is 6.96. The van der Waals surface area contributed by atoms with E-state index in [1.54, 1.807) is 12.1 Å². The largest absolute Gasteiger partial charge is 0.352 e. The molecule has 1 fully saturated rings. The molecule has 4 nitrogen and oxygen atoms in total. The Morgan fingerprint density at radius 1 is 1.15 bits per heavy atom. The van der Waals surface area contributed by atoms with Gasteiger partial charge in [0.15, 0.2) is 0 Å². The highest BCUT2D eigenvalue weighted by atomic mass is 19.1. The lowest BCUT2D eigenvalue weighted by molar-refractivity contribution is -0.134. The van der Waals surface area contributed by atoms with Gasteiger partial charge in [-0.05, 0) is 42.4 Å². The number of likely N-dealkylation sites (tertiary alicyclic amines) is 1. The van der Waals surface area contributed by atoms with Crippen molar-refractivity contribution in [2.75, 3.05) is 13.1 Å². The zero-order valence-corrected chi connectivity index (χ0v) is 16.7. The number of carbonyl (C=O) groups excluding carboxylic acids is 2. The van der Waals surface area contributed by atoms with Crippen LogP contribution in [0.25, 0.3) is 0 Å². The first kappa shape index (κ1) is 21.4. The molecule has 1 aliphatic rings. The first-order valence-corrected chi connectivity index (χ1v) is 10.3. The first-order chi connectivity index (χ1) is 13.0. The van der Waals surface area contributed by atoms with Crippen LogP contribution in [0, 0.1) is 17.7 Å². The fourth-order valence-electron chi connectivity index (χ4n) is 3.84. The number of halogens is 1. The predicted molar refractivity (Wildman–Crippen MR) is 105 cm³/mol. The summed E-state index contributed by atoms with van der Waals surface area (Å²) >= 11 is 0. The van der Waals surface area contributed by atoms with Crippen molar-refractivity contribution in [1.82, 2.24) is 10.2 Å². The molecule has 0 aliphatic carbocycles. The maximum Gasteiger partial charge on any atom is 0.222 e. The molecule has 2 rings (SSSR count). The molecule has 27 heavy (non-hydrogen) atoms. The highest BCUT2D eigenvalue weighted by Gasteiger charge is 2.31. The van der Waals surface area contributed by atoms with Crippen LogP contribution in [0.5, 0.6) is 0 Å². The molecule has 0 unspecified atom stereocenters. The van der Waals surface area contributed by atoms with Crippen LogP contribution in [0.2, 0.25) is 0 Å². The molecule has 1 aromatic carbocycles. The van der Waals surface area contributed by atoms with Crippen LogP contribution in [-0.2, 0) is 16.1 Å². The van der Waals surface area contributed by atoms with Crippen molar-refractivity contribution in [3.05, 3.63) is 35.6 Å². The summed E-state index contributed by atoms with van der Waals surface area (Å²) in [5, 5.41) is 2.94. The van der Waals surface area contributed by atoms with Gasteiger partial charge in [-0.1, -0.05) is 45.2 Å². The van der Waals surface area contributed by atoms with E-state index in [1.807, 2.05) is 4.90 Å². The Hall–Kier alpha value is -1.91. The SMILES string of the molecule is CCCCCC(=O)N1CC[C@@H](CC(=O)NCc2ccc(F)cc2)[C@@H](CC)C1. The number of nitrogens with zero attached hydrogens (tertiary/aromatic N) is 1. The van der Waals surface area contributed by atoms with E-state index in [4.69, 9.17) is 0 Å². The van der Waals surface area contributed by atoms with Crippen molar-refractivity contribution in [3.63, 3.8) is 0 Å². The fraction of sp³-hybridized carbons (Fsp3) is 0.636. The molecule has 0 bridgehead atoms. The van der Waals surface area contributed by atoms with Gasteiger partial charge in [-0.3, -0.25) is 9.59 Å². The van der Waals surface area contributed by atoms with Gasteiger partial charge in [0.05, 0.1) is 0 Å². The van der Waals surface area contributed by atoms with Gasteiger partial charge in [-0.2, -0.15) is 0 Å². The fourth-order valence-corrected chi connectivity index (χ4v) is 3.84. The van der Waals surface area contributed by atoms with Crippen molar-refractivity contribution >= 4 is 11.8 Å².